The monoisotopic (exact) mass is 236 g/mol. The maximum Gasteiger partial charge on any atom is 0.305 e. The van der Waals surface area contributed by atoms with Gasteiger partial charge in [0.05, 0.1) is 7.11 Å². The van der Waals surface area contributed by atoms with E-state index >= 15 is 0 Å². The zero-order valence-corrected chi connectivity index (χ0v) is 10.6. The van der Waals surface area contributed by atoms with Gasteiger partial charge < -0.3 is 15.4 Å². The highest BCUT2D eigenvalue weighted by molar-refractivity contribution is 5.69. The quantitative estimate of drug-likeness (QED) is 0.791. The molecule has 0 bridgehead atoms. The summed E-state index contributed by atoms with van der Waals surface area (Å²) in [6.07, 6.45) is 0.952. The van der Waals surface area contributed by atoms with Crippen molar-refractivity contribution >= 4 is 11.7 Å². The van der Waals surface area contributed by atoms with Crippen LogP contribution >= 0.6 is 0 Å². The van der Waals surface area contributed by atoms with Gasteiger partial charge in [-0.05, 0) is 24.1 Å². The fraction of sp³-hybridized carbons (Fsp3) is 0.462. The molecule has 0 spiro atoms. The average molecular weight is 236 g/mol. The molecule has 17 heavy (non-hydrogen) atoms. The number of nitrogens with zero attached hydrogens (tertiary/aromatic N) is 1. The Morgan fingerprint density at radius 3 is 2.76 bits per heavy atom. The lowest BCUT2D eigenvalue weighted by atomic mass is 10.0. The Bertz CT molecular complexity index is 377. The largest absolute Gasteiger partial charge is 0.469 e. The van der Waals surface area contributed by atoms with Crippen molar-refractivity contribution < 1.29 is 9.53 Å². The molecule has 4 nitrogen and oxygen atoms in total. The molecule has 94 valence electrons. The molecule has 0 aliphatic carbocycles. The fourth-order valence-corrected chi connectivity index (χ4v) is 1.58. The molecule has 0 heterocycles. The first-order valence-electron chi connectivity index (χ1n) is 5.64. The zero-order chi connectivity index (χ0) is 12.8. The highest BCUT2D eigenvalue weighted by Crippen LogP contribution is 2.21. The van der Waals surface area contributed by atoms with E-state index in [1.807, 2.05) is 43.3 Å². The molecular formula is C13H20N2O2. The minimum absolute atomic E-state index is 0.131. The second-order valence-corrected chi connectivity index (χ2v) is 4.21. The second kappa shape index (κ2) is 6.25. The number of hydrogen-bond acceptors (Lipinski definition) is 4. The lowest BCUT2D eigenvalue weighted by molar-refractivity contribution is -0.140. The Labute approximate surface area is 102 Å². The average Bonchev–Trinajstić information content (AvgIpc) is 2.35. The van der Waals surface area contributed by atoms with Gasteiger partial charge in [0.1, 0.15) is 0 Å². The third-order valence-corrected chi connectivity index (χ3v) is 2.70. The van der Waals surface area contributed by atoms with Crippen molar-refractivity contribution in [1.29, 1.82) is 0 Å². The Morgan fingerprint density at radius 1 is 1.47 bits per heavy atom. The van der Waals surface area contributed by atoms with Crippen molar-refractivity contribution in [3.8, 4) is 0 Å². The van der Waals surface area contributed by atoms with Crippen LogP contribution in [0.2, 0.25) is 0 Å². The topological polar surface area (TPSA) is 55.6 Å². The van der Waals surface area contributed by atoms with E-state index in [9.17, 15) is 4.79 Å². The number of benzene rings is 1. The number of methoxy groups -OCH3 is 1. The number of ether oxygens (including phenoxy) is 1. The molecule has 0 radical (unpaired) electrons. The molecule has 0 aliphatic heterocycles. The van der Waals surface area contributed by atoms with Gasteiger partial charge in [0, 0.05) is 32.2 Å². The van der Waals surface area contributed by atoms with Gasteiger partial charge in [-0.2, -0.15) is 0 Å². The van der Waals surface area contributed by atoms with Gasteiger partial charge in [-0.3, -0.25) is 4.79 Å². The number of rotatable bonds is 5. The molecule has 0 saturated carbocycles. The van der Waals surface area contributed by atoms with Crippen LogP contribution in [0.1, 0.15) is 24.4 Å². The molecule has 0 aromatic heterocycles. The predicted molar refractivity (Wildman–Crippen MR) is 68.9 cm³/mol. The zero-order valence-electron chi connectivity index (χ0n) is 10.6. The highest BCUT2D eigenvalue weighted by Gasteiger charge is 2.10. The van der Waals surface area contributed by atoms with Crippen LogP contribution in [0.5, 0.6) is 0 Å². The van der Waals surface area contributed by atoms with E-state index < -0.39 is 0 Å². The van der Waals surface area contributed by atoms with Crippen LogP contribution in [-0.4, -0.2) is 27.2 Å². The van der Waals surface area contributed by atoms with Gasteiger partial charge in [-0.1, -0.05) is 12.1 Å². The Kier molecular flexibility index (Phi) is 4.97. The standard InChI is InChI=1S/C13H20N2O2/c1-15(2)11-6-4-5-10(9-11)12(14)7-8-13(16)17-3/h4-6,9,12H,7-8,14H2,1-3H3. The van der Waals surface area contributed by atoms with Crippen LogP contribution < -0.4 is 10.6 Å². The number of carbonyl (C=O) groups is 1. The van der Waals surface area contributed by atoms with E-state index in [0.29, 0.717) is 12.8 Å². The highest BCUT2D eigenvalue weighted by atomic mass is 16.5. The Morgan fingerprint density at radius 2 is 2.18 bits per heavy atom. The van der Waals surface area contributed by atoms with Crippen LogP contribution in [0.15, 0.2) is 24.3 Å². The van der Waals surface area contributed by atoms with Crippen molar-refractivity contribution in [3.05, 3.63) is 29.8 Å². The summed E-state index contributed by atoms with van der Waals surface area (Å²) in [7, 11) is 5.36. The number of nitrogens with two attached hydrogens (primary N) is 1. The third-order valence-electron chi connectivity index (χ3n) is 2.70. The minimum atomic E-state index is -0.218. The Balaban J connectivity index is 2.65. The maximum absolute atomic E-state index is 11.0. The molecule has 0 fully saturated rings. The second-order valence-electron chi connectivity index (χ2n) is 4.21. The summed E-state index contributed by atoms with van der Waals surface area (Å²) < 4.78 is 4.60. The van der Waals surface area contributed by atoms with E-state index in [2.05, 4.69) is 4.74 Å². The van der Waals surface area contributed by atoms with Crippen molar-refractivity contribution in [2.24, 2.45) is 5.73 Å². The van der Waals surface area contributed by atoms with E-state index in [1.54, 1.807) is 0 Å². The summed E-state index contributed by atoms with van der Waals surface area (Å²) in [5.74, 6) is -0.218. The van der Waals surface area contributed by atoms with Gasteiger partial charge in [0.2, 0.25) is 0 Å². The molecule has 1 unspecified atom stereocenters. The van der Waals surface area contributed by atoms with Gasteiger partial charge in [0.15, 0.2) is 0 Å². The number of hydrogen-bond donors (Lipinski definition) is 1. The Hall–Kier alpha value is -1.55. The van der Waals surface area contributed by atoms with Crippen LogP contribution in [0, 0.1) is 0 Å². The van der Waals surface area contributed by atoms with E-state index in [0.717, 1.165) is 11.3 Å². The maximum atomic E-state index is 11.0. The first-order valence-corrected chi connectivity index (χ1v) is 5.64. The van der Waals surface area contributed by atoms with E-state index in [-0.39, 0.29) is 12.0 Å². The van der Waals surface area contributed by atoms with Crippen LogP contribution in [0.4, 0.5) is 5.69 Å². The summed E-state index contributed by atoms with van der Waals surface area (Å²) in [4.78, 5) is 13.1. The van der Waals surface area contributed by atoms with Gasteiger partial charge in [0.25, 0.3) is 0 Å². The van der Waals surface area contributed by atoms with Gasteiger partial charge in [-0.25, -0.2) is 0 Å². The summed E-state index contributed by atoms with van der Waals surface area (Å²) >= 11 is 0. The molecule has 1 rings (SSSR count). The summed E-state index contributed by atoms with van der Waals surface area (Å²) in [6, 6.07) is 7.89. The molecule has 1 aromatic carbocycles. The van der Waals surface area contributed by atoms with E-state index in [1.165, 1.54) is 7.11 Å². The van der Waals surface area contributed by atoms with Crippen molar-refractivity contribution in [1.82, 2.24) is 0 Å². The number of anilines is 1. The normalized spacial score (nSPS) is 12.0. The first kappa shape index (κ1) is 13.5. The molecule has 0 aliphatic rings. The van der Waals surface area contributed by atoms with Crippen LogP contribution in [0.3, 0.4) is 0 Å². The molecular weight excluding hydrogens is 216 g/mol. The fourth-order valence-electron chi connectivity index (χ4n) is 1.58. The van der Waals surface area contributed by atoms with Crippen molar-refractivity contribution in [2.75, 3.05) is 26.1 Å². The van der Waals surface area contributed by atoms with Crippen molar-refractivity contribution in [2.45, 2.75) is 18.9 Å². The predicted octanol–water partition coefficient (Wildman–Crippen LogP) is 1.71. The van der Waals surface area contributed by atoms with Gasteiger partial charge in [-0.15, -0.1) is 0 Å². The summed E-state index contributed by atoms with van der Waals surface area (Å²) in [5, 5.41) is 0. The lowest BCUT2D eigenvalue weighted by Crippen LogP contribution is -2.14. The van der Waals surface area contributed by atoms with Crippen LogP contribution in [-0.2, 0) is 9.53 Å². The first-order chi connectivity index (χ1) is 8.04. The molecule has 1 atom stereocenters. The summed E-state index contributed by atoms with van der Waals surface area (Å²) in [5.41, 5.74) is 8.19. The van der Waals surface area contributed by atoms with Crippen molar-refractivity contribution in [3.63, 3.8) is 0 Å². The molecule has 0 amide bonds. The summed E-state index contributed by atoms with van der Waals surface area (Å²) in [6.45, 7) is 0. The number of esters is 1. The van der Waals surface area contributed by atoms with E-state index in [4.69, 9.17) is 5.73 Å². The molecule has 4 heteroatoms. The van der Waals surface area contributed by atoms with Gasteiger partial charge >= 0.3 is 5.97 Å². The number of carbonyl (C=O) groups excluding carboxylic acids is 1. The van der Waals surface area contributed by atoms with Crippen LogP contribution in [0.25, 0.3) is 0 Å². The molecule has 1 aromatic rings. The third kappa shape index (κ3) is 4.07. The molecule has 2 N–H and O–H groups in total. The smallest absolute Gasteiger partial charge is 0.305 e. The minimum Gasteiger partial charge on any atom is -0.469 e. The lowest BCUT2D eigenvalue weighted by Gasteiger charge is -2.16. The SMILES string of the molecule is COC(=O)CCC(N)c1cccc(N(C)C)c1. The molecule has 0 saturated heterocycles.